The number of carbonyl (C=O) groups is 1. The highest BCUT2D eigenvalue weighted by atomic mass is 35.5. The van der Waals surface area contributed by atoms with E-state index in [2.05, 4.69) is 5.32 Å². The fourth-order valence-corrected chi connectivity index (χ4v) is 2.60. The zero-order valence-electron chi connectivity index (χ0n) is 7.77. The Morgan fingerprint density at radius 2 is 2.06 bits per heavy atom. The number of halogens is 1. The molecule has 86 valence electrons. The number of nitrogens with two attached hydrogens (primary N) is 1. The highest BCUT2D eigenvalue weighted by Crippen LogP contribution is 2.31. The molecular formula is C8H7ClN2O4S. The van der Waals surface area contributed by atoms with Crippen LogP contribution in [0.3, 0.4) is 0 Å². The molecule has 0 saturated heterocycles. The highest BCUT2D eigenvalue weighted by Gasteiger charge is 2.29. The zero-order chi connectivity index (χ0) is 12.1. The van der Waals surface area contributed by atoms with Crippen molar-refractivity contribution in [2.24, 2.45) is 5.14 Å². The zero-order valence-corrected chi connectivity index (χ0v) is 9.34. The van der Waals surface area contributed by atoms with Gasteiger partial charge in [0.25, 0.3) is 5.91 Å². The molecule has 1 aliphatic heterocycles. The summed E-state index contributed by atoms with van der Waals surface area (Å²) in [5.41, 5.74) is 0.295. The van der Waals surface area contributed by atoms with Crippen molar-refractivity contribution < 1.29 is 18.3 Å². The molecule has 4 N–H and O–H groups in total. The van der Waals surface area contributed by atoms with E-state index in [1.54, 1.807) is 0 Å². The van der Waals surface area contributed by atoms with Crippen LogP contribution in [0.1, 0.15) is 22.1 Å². The Labute approximate surface area is 96.1 Å². The van der Waals surface area contributed by atoms with Crippen LogP contribution >= 0.6 is 11.6 Å². The minimum absolute atomic E-state index is 0.0564. The number of aliphatic hydroxyl groups excluding tert-OH is 1. The van der Waals surface area contributed by atoms with E-state index in [4.69, 9.17) is 16.7 Å². The molecule has 0 bridgehead atoms. The first-order valence-electron chi connectivity index (χ1n) is 4.16. The van der Waals surface area contributed by atoms with Gasteiger partial charge in [0.05, 0.1) is 5.02 Å². The number of fused-ring (bicyclic) bond motifs is 1. The van der Waals surface area contributed by atoms with Gasteiger partial charge in [0.15, 0.2) is 6.23 Å². The summed E-state index contributed by atoms with van der Waals surface area (Å²) in [5, 5.41) is 16.4. The van der Waals surface area contributed by atoms with E-state index in [1.165, 1.54) is 6.07 Å². The summed E-state index contributed by atoms with van der Waals surface area (Å²) in [4.78, 5) is 11.0. The third-order valence-corrected chi connectivity index (χ3v) is 3.59. The largest absolute Gasteiger partial charge is 0.369 e. The van der Waals surface area contributed by atoms with Gasteiger partial charge in [-0.15, -0.1) is 0 Å². The monoisotopic (exact) mass is 262 g/mol. The van der Waals surface area contributed by atoms with E-state index in [-0.39, 0.29) is 21.0 Å². The maximum absolute atomic E-state index is 11.3. The van der Waals surface area contributed by atoms with Gasteiger partial charge in [0, 0.05) is 11.1 Å². The lowest BCUT2D eigenvalue weighted by molar-refractivity contribution is 0.0850. The second-order valence-corrected chi connectivity index (χ2v) is 5.23. The van der Waals surface area contributed by atoms with Gasteiger partial charge in [-0.3, -0.25) is 4.79 Å². The topological polar surface area (TPSA) is 109 Å². The average Bonchev–Trinajstić information content (AvgIpc) is 2.39. The van der Waals surface area contributed by atoms with E-state index >= 15 is 0 Å². The molecule has 1 heterocycles. The van der Waals surface area contributed by atoms with Crippen LogP contribution in [0, 0.1) is 0 Å². The molecule has 1 atom stereocenters. The maximum atomic E-state index is 11.3. The highest BCUT2D eigenvalue weighted by molar-refractivity contribution is 7.89. The first kappa shape index (κ1) is 11.3. The number of hydrogen-bond acceptors (Lipinski definition) is 4. The summed E-state index contributed by atoms with van der Waals surface area (Å²) in [6.07, 6.45) is -1.17. The standard InChI is InChI=1S/C8H7ClN2O4S/c9-5-1-3-4(8(13)11-7(3)12)2-6(5)16(10,14)15/h1-2,7,12H,(H,11,13)(H2,10,14,15)/t7-/m0/s1. The number of rotatable bonds is 1. The minimum atomic E-state index is -3.99. The minimum Gasteiger partial charge on any atom is -0.369 e. The lowest BCUT2D eigenvalue weighted by Crippen LogP contribution is -2.18. The number of amides is 1. The summed E-state index contributed by atoms with van der Waals surface area (Å²) in [7, 11) is -3.99. The summed E-state index contributed by atoms with van der Waals surface area (Å²) in [5.74, 6) is -0.566. The molecule has 1 aromatic rings. The molecule has 0 radical (unpaired) electrons. The molecule has 6 nitrogen and oxygen atoms in total. The number of benzene rings is 1. The first-order valence-corrected chi connectivity index (χ1v) is 6.08. The van der Waals surface area contributed by atoms with Crippen LogP contribution in [-0.2, 0) is 10.0 Å². The van der Waals surface area contributed by atoms with Crippen LogP contribution in [-0.4, -0.2) is 19.4 Å². The number of nitrogens with one attached hydrogen (secondary N) is 1. The summed E-state index contributed by atoms with van der Waals surface area (Å²) < 4.78 is 22.3. The van der Waals surface area contributed by atoms with E-state index in [9.17, 15) is 18.3 Å². The van der Waals surface area contributed by atoms with Gasteiger partial charge in [0.1, 0.15) is 4.90 Å². The Hall–Kier alpha value is -1.15. The quantitative estimate of drug-likeness (QED) is 0.647. The Morgan fingerprint density at radius 3 is 2.62 bits per heavy atom. The third-order valence-electron chi connectivity index (χ3n) is 2.22. The smallest absolute Gasteiger partial charge is 0.254 e. The van der Waals surface area contributed by atoms with Gasteiger partial charge in [-0.1, -0.05) is 11.6 Å². The van der Waals surface area contributed by atoms with E-state index < -0.39 is 22.2 Å². The van der Waals surface area contributed by atoms with Crippen LogP contribution in [0.4, 0.5) is 0 Å². The van der Waals surface area contributed by atoms with Gasteiger partial charge in [-0.05, 0) is 12.1 Å². The first-order chi connectivity index (χ1) is 7.30. The van der Waals surface area contributed by atoms with Crippen LogP contribution in [0.15, 0.2) is 17.0 Å². The van der Waals surface area contributed by atoms with E-state index in [0.717, 1.165) is 6.07 Å². The van der Waals surface area contributed by atoms with Crippen molar-refractivity contribution in [1.29, 1.82) is 0 Å². The lowest BCUT2D eigenvalue weighted by Gasteiger charge is -2.05. The number of carbonyl (C=O) groups excluding carboxylic acids is 1. The fourth-order valence-electron chi connectivity index (χ4n) is 1.49. The molecule has 0 unspecified atom stereocenters. The van der Waals surface area contributed by atoms with Crippen molar-refractivity contribution in [3.05, 3.63) is 28.3 Å². The molecule has 1 amide bonds. The summed E-state index contributed by atoms with van der Waals surface area (Å²) >= 11 is 5.70. The molecular weight excluding hydrogens is 256 g/mol. The summed E-state index contributed by atoms with van der Waals surface area (Å²) in [6.45, 7) is 0. The predicted octanol–water partition coefficient (Wildman–Crippen LogP) is -0.278. The van der Waals surface area contributed by atoms with Crippen molar-refractivity contribution >= 4 is 27.5 Å². The molecule has 1 aliphatic rings. The normalized spacial score (nSPS) is 19.4. The van der Waals surface area contributed by atoms with E-state index in [0.29, 0.717) is 0 Å². The number of primary sulfonamides is 1. The second kappa shape index (κ2) is 3.42. The lowest BCUT2D eigenvalue weighted by atomic mass is 10.1. The van der Waals surface area contributed by atoms with Crippen LogP contribution < -0.4 is 10.5 Å². The number of aliphatic hydroxyl groups is 1. The van der Waals surface area contributed by atoms with Crippen molar-refractivity contribution in [3.63, 3.8) is 0 Å². The molecule has 0 fully saturated rings. The maximum Gasteiger partial charge on any atom is 0.254 e. The van der Waals surface area contributed by atoms with Crippen LogP contribution in [0.25, 0.3) is 0 Å². The van der Waals surface area contributed by atoms with Gasteiger partial charge in [-0.25, -0.2) is 13.6 Å². The molecule has 8 heteroatoms. The van der Waals surface area contributed by atoms with Gasteiger partial charge < -0.3 is 10.4 Å². The van der Waals surface area contributed by atoms with E-state index in [1.807, 2.05) is 0 Å². The number of sulfonamides is 1. The Morgan fingerprint density at radius 1 is 1.44 bits per heavy atom. The molecule has 2 rings (SSSR count). The molecule has 0 aromatic heterocycles. The van der Waals surface area contributed by atoms with Crippen molar-refractivity contribution in [2.75, 3.05) is 0 Å². The van der Waals surface area contributed by atoms with Crippen molar-refractivity contribution in [3.8, 4) is 0 Å². The Kier molecular flexibility index (Phi) is 2.43. The number of hydrogen-bond donors (Lipinski definition) is 3. The Bertz CT molecular complexity index is 584. The predicted molar refractivity (Wildman–Crippen MR) is 55.3 cm³/mol. The van der Waals surface area contributed by atoms with Gasteiger partial charge in [0.2, 0.25) is 10.0 Å². The average molecular weight is 263 g/mol. The Balaban J connectivity index is 2.72. The second-order valence-electron chi connectivity index (χ2n) is 3.29. The molecule has 16 heavy (non-hydrogen) atoms. The van der Waals surface area contributed by atoms with Gasteiger partial charge in [-0.2, -0.15) is 0 Å². The summed E-state index contributed by atoms with van der Waals surface area (Å²) in [6, 6.07) is 2.26. The molecule has 0 spiro atoms. The van der Waals surface area contributed by atoms with Crippen molar-refractivity contribution in [2.45, 2.75) is 11.1 Å². The molecule has 1 aromatic carbocycles. The molecule has 0 aliphatic carbocycles. The SMILES string of the molecule is NS(=O)(=O)c1cc2c(cc1Cl)[C@H](O)NC2=O. The van der Waals surface area contributed by atoms with Crippen LogP contribution in [0.2, 0.25) is 5.02 Å². The van der Waals surface area contributed by atoms with Crippen molar-refractivity contribution in [1.82, 2.24) is 5.32 Å². The van der Waals surface area contributed by atoms with Gasteiger partial charge >= 0.3 is 0 Å². The van der Waals surface area contributed by atoms with Crippen LogP contribution in [0.5, 0.6) is 0 Å². The molecule has 0 saturated carbocycles. The third kappa shape index (κ3) is 1.67. The fraction of sp³-hybridized carbons (Fsp3) is 0.125.